The number of benzene rings is 1. The maximum Gasteiger partial charge on any atom is 0.151 e. The molecule has 0 aliphatic heterocycles. The van der Waals surface area contributed by atoms with Gasteiger partial charge in [-0.2, -0.15) is 0 Å². The van der Waals surface area contributed by atoms with E-state index in [0.717, 1.165) is 33.4 Å². The van der Waals surface area contributed by atoms with Crippen molar-refractivity contribution in [2.75, 3.05) is 17.2 Å². The summed E-state index contributed by atoms with van der Waals surface area (Å²) in [4.78, 5) is 8.62. The molecule has 0 fully saturated rings. The lowest BCUT2D eigenvalue weighted by molar-refractivity contribution is 0.965. The Morgan fingerprint density at radius 3 is 2.68 bits per heavy atom. The fraction of sp³-hybridized carbons (Fsp3) is 0.231. The van der Waals surface area contributed by atoms with E-state index in [1.54, 1.807) is 12.4 Å². The molecule has 4 nitrogen and oxygen atoms in total. The predicted molar refractivity (Wildman–Crippen MR) is 85.9 cm³/mol. The van der Waals surface area contributed by atoms with Crippen molar-refractivity contribution in [3.63, 3.8) is 0 Å². The van der Waals surface area contributed by atoms with Crippen molar-refractivity contribution in [2.45, 2.75) is 13.3 Å². The molecule has 0 unspecified atom stereocenters. The standard InChI is InChI=1S/C13H14Br2N4/c1-2-5-17-12-7-16-8-13(19-12)18-11-4-3-9(14)6-10(11)15/h3-4,6-8H,2,5H2,1H3,(H2,17,18,19). The first-order valence-corrected chi connectivity index (χ1v) is 7.55. The molecule has 0 atom stereocenters. The van der Waals surface area contributed by atoms with Gasteiger partial charge in [0.1, 0.15) is 5.82 Å². The molecule has 2 aromatic rings. The largest absolute Gasteiger partial charge is 0.369 e. The van der Waals surface area contributed by atoms with Crippen LogP contribution in [0.4, 0.5) is 17.3 Å². The fourth-order valence-electron chi connectivity index (χ4n) is 1.49. The van der Waals surface area contributed by atoms with Crippen molar-refractivity contribution in [1.29, 1.82) is 0 Å². The summed E-state index contributed by atoms with van der Waals surface area (Å²) in [6, 6.07) is 5.93. The van der Waals surface area contributed by atoms with E-state index >= 15 is 0 Å². The van der Waals surface area contributed by atoms with E-state index in [4.69, 9.17) is 0 Å². The lowest BCUT2D eigenvalue weighted by atomic mass is 10.3. The summed E-state index contributed by atoms with van der Waals surface area (Å²) < 4.78 is 1.99. The highest BCUT2D eigenvalue weighted by Crippen LogP contribution is 2.28. The zero-order valence-electron chi connectivity index (χ0n) is 10.5. The van der Waals surface area contributed by atoms with Gasteiger partial charge in [-0.1, -0.05) is 22.9 Å². The van der Waals surface area contributed by atoms with E-state index in [9.17, 15) is 0 Å². The van der Waals surface area contributed by atoms with Gasteiger partial charge in [-0.15, -0.1) is 0 Å². The fourth-order valence-corrected chi connectivity index (χ4v) is 2.64. The molecular formula is C13H14Br2N4. The van der Waals surface area contributed by atoms with Crippen molar-refractivity contribution in [1.82, 2.24) is 9.97 Å². The zero-order chi connectivity index (χ0) is 13.7. The van der Waals surface area contributed by atoms with Crippen LogP contribution in [0.3, 0.4) is 0 Å². The molecule has 19 heavy (non-hydrogen) atoms. The van der Waals surface area contributed by atoms with Crippen molar-refractivity contribution >= 4 is 49.2 Å². The minimum atomic E-state index is 0.712. The summed E-state index contributed by atoms with van der Waals surface area (Å²) >= 11 is 6.93. The van der Waals surface area contributed by atoms with Crippen LogP contribution in [0.1, 0.15) is 13.3 Å². The topological polar surface area (TPSA) is 49.8 Å². The molecule has 0 radical (unpaired) electrons. The van der Waals surface area contributed by atoms with Crippen LogP contribution < -0.4 is 10.6 Å². The Morgan fingerprint density at radius 1 is 1.16 bits per heavy atom. The molecule has 1 aromatic carbocycles. The summed E-state index contributed by atoms with van der Waals surface area (Å²) in [5, 5.41) is 6.45. The van der Waals surface area contributed by atoms with E-state index < -0.39 is 0 Å². The lowest BCUT2D eigenvalue weighted by Gasteiger charge is -2.09. The number of hydrogen-bond donors (Lipinski definition) is 2. The van der Waals surface area contributed by atoms with Crippen LogP contribution in [-0.4, -0.2) is 16.5 Å². The maximum atomic E-state index is 4.45. The SMILES string of the molecule is CCCNc1cncc(Nc2ccc(Br)cc2Br)n1. The Kier molecular flexibility index (Phi) is 5.15. The van der Waals surface area contributed by atoms with Crippen molar-refractivity contribution in [3.8, 4) is 0 Å². The molecular weight excluding hydrogens is 372 g/mol. The molecule has 0 bridgehead atoms. The quantitative estimate of drug-likeness (QED) is 0.791. The summed E-state index contributed by atoms with van der Waals surface area (Å²) in [5.41, 5.74) is 0.949. The van der Waals surface area contributed by atoms with E-state index in [2.05, 4.69) is 59.4 Å². The second kappa shape index (κ2) is 6.86. The molecule has 100 valence electrons. The van der Waals surface area contributed by atoms with Crippen LogP contribution in [0.15, 0.2) is 39.5 Å². The first-order chi connectivity index (χ1) is 9.19. The molecule has 0 saturated carbocycles. The van der Waals surface area contributed by atoms with Crippen LogP contribution in [0.2, 0.25) is 0 Å². The minimum absolute atomic E-state index is 0.712. The van der Waals surface area contributed by atoms with Crippen molar-refractivity contribution in [3.05, 3.63) is 39.5 Å². The average molecular weight is 386 g/mol. The van der Waals surface area contributed by atoms with Crippen LogP contribution in [0.25, 0.3) is 0 Å². The normalized spacial score (nSPS) is 10.3. The molecule has 0 amide bonds. The van der Waals surface area contributed by atoms with Gasteiger partial charge >= 0.3 is 0 Å². The molecule has 0 spiro atoms. The number of nitrogens with one attached hydrogen (secondary N) is 2. The number of rotatable bonds is 5. The summed E-state index contributed by atoms with van der Waals surface area (Å²) in [5.74, 6) is 1.49. The minimum Gasteiger partial charge on any atom is -0.369 e. The van der Waals surface area contributed by atoms with Gasteiger partial charge in [-0.3, -0.25) is 4.98 Å². The maximum absolute atomic E-state index is 4.45. The first kappa shape index (κ1) is 14.3. The van der Waals surface area contributed by atoms with E-state index in [-0.39, 0.29) is 0 Å². The Morgan fingerprint density at radius 2 is 1.95 bits per heavy atom. The molecule has 0 saturated heterocycles. The molecule has 0 aliphatic carbocycles. The number of nitrogens with zero attached hydrogens (tertiary/aromatic N) is 2. The smallest absolute Gasteiger partial charge is 0.151 e. The highest BCUT2D eigenvalue weighted by Gasteiger charge is 2.03. The van der Waals surface area contributed by atoms with Gasteiger partial charge in [0, 0.05) is 15.5 Å². The Balaban J connectivity index is 2.14. The van der Waals surface area contributed by atoms with Crippen LogP contribution in [0.5, 0.6) is 0 Å². The van der Waals surface area contributed by atoms with Crippen LogP contribution >= 0.6 is 31.9 Å². The Labute approximate surface area is 129 Å². The van der Waals surface area contributed by atoms with E-state index in [1.165, 1.54) is 0 Å². The third kappa shape index (κ3) is 4.18. The van der Waals surface area contributed by atoms with Gasteiger partial charge < -0.3 is 10.6 Å². The monoisotopic (exact) mass is 384 g/mol. The number of aromatic nitrogens is 2. The predicted octanol–water partition coefficient (Wildman–Crippen LogP) is 4.57. The third-order valence-electron chi connectivity index (χ3n) is 2.38. The van der Waals surface area contributed by atoms with Crippen LogP contribution in [-0.2, 0) is 0 Å². The molecule has 6 heteroatoms. The second-order valence-electron chi connectivity index (χ2n) is 3.97. The Bertz CT molecular complexity index is 560. The zero-order valence-corrected chi connectivity index (χ0v) is 13.6. The number of anilines is 3. The van der Waals surface area contributed by atoms with Gasteiger partial charge in [0.25, 0.3) is 0 Å². The van der Waals surface area contributed by atoms with Gasteiger partial charge in [-0.05, 0) is 40.5 Å². The van der Waals surface area contributed by atoms with Crippen molar-refractivity contribution < 1.29 is 0 Å². The van der Waals surface area contributed by atoms with Crippen LogP contribution in [0, 0.1) is 0 Å². The van der Waals surface area contributed by atoms with Crippen molar-refractivity contribution in [2.24, 2.45) is 0 Å². The second-order valence-corrected chi connectivity index (χ2v) is 5.74. The summed E-state index contributed by atoms with van der Waals surface area (Å²) in [7, 11) is 0. The molecule has 2 N–H and O–H groups in total. The van der Waals surface area contributed by atoms with E-state index in [1.807, 2.05) is 18.2 Å². The number of hydrogen-bond acceptors (Lipinski definition) is 4. The summed E-state index contributed by atoms with van der Waals surface area (Å²) in [6.07, 6.45) is 4.47. The lowest BCUT2D eigenvalue weighted by Crippen LogP contribution is -2.04. The average Bonchev–Trinajstić information content (AvgIpc) is 2.40. The van der Waals surface area contributed by atoms with Gasteiger partial charge in [-0.25, -0.2) is 4.98 Å². The molecule has 0 aliphatic rings. The highest BCUT2D eigenvalue weighted by molar-refractivity contribution is 9.11. The summed E-state index contributed by atoms with van der Waals surface area (Å²) in [6.45, 7) is 3.00. The van der Waals surface area contributed by atoms with E-state index in [0.29, 0.717) is 5.82 Å². The Hall–Kier alpha value is -1.14. The molecule has 2 rings (SSSR count). The number of halogens is 2. The van der Waals surface area contributed by atoms with Gasteiger partial charge in [0.15, 0.2) is 5.82 Å². The van der Waals surface area contributed by atoms with Gasteiger partial charge in [0.05, 0.1) is 18.1 Å². The van der Waals surface area contributed by atoms with Gasteiger partial charge in [0.2, 0.25) is 0 Å². The highest BCUT2D eigenvalue weighted by atomic mass is 79.9. The molecule has 1 aromatic heterocycles. The first-order valence-electron chi connectivity index (χ1n) is 5.97. The molecule has 1 heterocycles. The third-order valence-corrected chi connectivity index (χ3v) is 3.53.